The number of ether oxygens (including phenoxy) is 2. The second kappa shape index (κ2) is 7.98. The van der Waals surface area contributed by atoms with E-state index in [0.717, 1.165) is 11.1 Å². The Kier molecular flexibility index (Phi) is 6.12. The molecule has 0 unspecified atom stereocenters. The number of amides is 1. The second-order valence-electron chi connectivity index (χ2n) is 6.25. The quantitative estimate of drug-likeness (QED) is 0.737. The van der Waals surface area contributed by atoms with Gasteiger partial charge in [0.2, 0.25) is 0 Å². The fourth-order valence-corrected chi connectivity index (χ4v) is 4.22. The van der Waals surface area contributed by atoms with Gasteiger partial charge >= 0.3 is 0 Å². The van der Waals surface area contributed by atoms with Crippen LogP contribution >= 0.6 is 0 Å². The highest BCUT2D eigenvalue weighted by Gasteiger charge is 2.23. The lowest BCUT2D eigenvalue weighted by Gasteiger charge is -2.16. The molecular weight excluding hydrogens is 368 g/mol. The third-order valence-corrected chi connectivity index (χ3v) is 6.00. The van der Waals surface area contributed by atoms with Crippen LogP contribution in [0.1, 0.15) is 32.6 Å². The maximum absolute atomic E-state index is 12.8. The minimum Gasteiger partial charge on any atom is -0.497 e. The van der Waals surface area contributed by atoms with Crippen LogP contribution in [0, 0.1) is 27.7 Å². The predicted octanol–water partition coefficient (Wildman–Crippen LogP) is 2.56. The largest absolute Gasteiger partial charge is 0.497 e. The summed E-state index contributed by atoms with van der Waals surface area (Å²) in [4.78, 5) is 14.8. The minimum absolute atomic E-state index is 0.170. The van der Waals surface area contributed by atoms with Gasteiger partial charge in [0.15, 0.2) is 0 Å². The van der Waals surface area contributed by atoms with E-state index in [4.69, 9.17) is 9.47 Å². The fraction of sp³-hybridized carbons (Fsp3) is 0.316. The number of nitrogens with one attached hydrogen (secondary N) is 2. The first-order valence-electron chi connectivity index (χ1n) is 8.23. The lowest BCUT2D eigenvalue weighted by atomic mass is 10.0. The number of carbonyl (C=O) groups is 1. The van der Waals surface area contributed by atoms with Gasteiger partial charge in [-0.1, -0.05) is 6.07 Å². The zero-order valence-electron chi connectivity index (χ0n) is 16.3. The van der Waals surface area contributed by atoms with Gasteiger partial charge in [-0.05, 0) is 62.1 Å². The van der Waals surface area contributed by atoms with Gasteiger partial charge in [0.05, 0.1) is 19.1 Å². The highest BCUT2D eigenvalue weighted by Crippen LogP contribution is 2.26. The van der Waals surface area contributed by atoms with Gasteiger partial charge in [-0.3, -0.25) is 10.2 Å². The summed E-state index contributed by atoms with van der Waals surface area (Å²) in [7, 11) is -1.02. The van der Waals surface area contributed by atoms with Crippen molar-refractivity contribution in [3.8, 4) is 11.5 Å². The first-order chi connectivity index (χ1) is 12.6. The Morgan fingerprint density at radius 1 is 0.852 bits per heavy atom. The minimum atomic E-state index is -3.95. The molecule has 0 aromatic heterocycles. The molecule has 0 atom stereocenters. The molecule has 0 aliphatic carbocycles. The third-order valence-electron chi connectivity index (χ3n) is 4.48. The molecule has 0 saturated carbocycles. The van der Waals surface area contributed by atoms with Crippen LogP contribution in [0.15, 0.2) is 29.2 Å². The molecule has 0 aliphatic rings. The molecule has 2 aromatic rings. The van der Waals surface area contributed by atoms with E-state index in [0.29, 0.717) is 22.6 Å². The monoisotopic (exact) mass is 392 g/mol. The summed E-state index contributed by atoms with van der Waals surface area (Å²) in [5.41, 5.74) is 5.45. The Morgan fingerprint density at radius 2 is 1.33 bits per heavy atom. The van der Waals surface area contributed by atoms with Crippen LogP contribution in [0.4, 0.5) is 0 Å². The summed E-state index contributed by atoms with van der Waals surface area (Å²) >= 11 is 0. The SMILES string of the molecule is COc1cc(OC)cc(C(=O)NNS(=O)(=O)c2c(C)c(C)cc(C)c2C)c1. The summed E-state index contributed by atoms with van der Waals surface area (Å²) in [5.74, 6) is 0.210. The van der Waals surface area contributed by atoms with Crippen molar-refractivity contribution in [2.45, 2.75) is 32.6 Å². The molecule has 0 fully saturated rings. The van der Waals surface area contributed by atoms with Crippen LogP contribution in [-0.2, 0) is 10.0 Å². The lowest BCUT2D eigenvalue weighted by Crippen LogP contribution is -2.42. The summed E-state index contributed by atoms with van der Waals surface area (Å²) in [6.07, 6.45) is 0. The number of hydrogen-bond donors (Lipinski definition) is 2. The van der Waals surface area contributed by atoms with Crippen molar-refractivity contribution < 1.29 is 22.7 Å². The van der Waals surface area contributed by atoms with Crippen molar-refractivity contribution in [2.24, 2.45) is 0 Å². The normalized spacial score (nSPS) is 11.2. The van der Waals surface area contributed by atoms with Crippen LogP contribution in [0.2, 0.25) is 0 Å². The van der Waals surface area contributed by atoms with Crippen molar-refractivity contribution in [1.82, 2.24) is 10.3 Å². The van der Waals surface area contributed by atoms with Gasteiger partial charge in [-0.15, -0.1) is 4.83 Å². The predicted molar refractivity (Wildman–Crippen MR) is 103 cm³/mol. The smallest absolute Gasteiger partial charge is 0.266 e. The average molecular weight is 392 g/mol. The van der Waals surface area contributed by atoms with E-state index in [9.17, 15) is 13.2 Å². The molecule has 27 heavy (non-hydrogen) atoms. The van der Waals surface area contributed by atoms with E-state index in [2.05, 4.69) is 10.3 Å². The van der Waals surface area contributed by atoms with Crippen molar-refractivity contribution >= 4 is 15.9 Å². The highest BCUT2D eigenvalue weighted by atomic mass is 32.2. The number of benzene rings is 2. The van der Waals surface area contributed by atoms with E-state index < -0.39 is 15.9 Å². The van der Waals surface area contributed by atoms with E-state index in [1.54, 1.807) is 19.9 Å². The zero-order chi connectivity index (χ0) is 20.4. The first-order valence-corrected chi connectivity index (χ1v) is 9.71. The number of carbonyl (C=O) groups excluding carboxylic acids is 1. The lowest BCUT2D eigenvalue weighted by molar-refractivity contribution is 0.0944. The Hall–Kier alpha value is -2.58. The maximum Gasteiger partial charge on any atom is 0.266 e. The number of hydrogen-bond acceptors (Lipinski definition) is 5. The number of methoxy groups -OCH3 is 2. The molecule has 146 valence electrons. The zero-order valence-corrected chi connectivity index (χ0v) is 17.1. The molecule has 1 amide bonds. The molecule has 7 nitrogen and oxygen atoms in total. The highest BCUT2D eigenvalue weighted by molar-refractivity contribution is 7.89. The summed E-state index contributed by atoms with van der Waals surface area (Å²) in [6, 6.07) is 6.52. The molecule has 8 heteroatoms. The summed E-state index contributed by atoms with van der Waals surface area (Å²) in [6.45, 7) is 7.18. The van der Waals surface area contributed by atoms with Crippen molar-refractivity contribution in [3.63, 3.8) is 0 Å². The van der Waals surface area contributed by atoms with Gasteiger partial charge < -0.3 is 9.47 Å². The van der Waals surface area contributed by atoms with E-state index in [1.165, 1.54) is 26.4 Å². The Bertz CT molecular complexity index is 936. The van der Waals surface area contributed by atoms with Crippen molar-refractivity contribution in [2.75, 3.05) is 14.2 Å². The maximum atomic E-state index is 12.8. The standard InChI is InChI=1S/C19H24N2O5S/c1-11-7-12(2)14(4)18(13(11)3)27(23,24)21-20-19(22)15-8-16(25-5)10-17(9-15)26-6/h7-10,21H,1-6H3,(H,20,22). The molecular formula is C19H24N2O5S. The van der Waals surface area contributed by atoms with Gasteiger partial charge in [0.25, 0.3) is 15.9 Å². The molecule has 0 aliphatic heterocycles. The fourth-order valence-electron chi connectivity index (χ4n) is 2.76. The van der Waals surface area contributed by atoms with Crippen LogP contribution in [0.25, 0.3) is 0 Å². The Balaban J connectivity index is 2.30. The molecule has 0 radical (unpaired) electrons. The molecule has 2 N–H and O–H groups in total. The van der Waals surface area contributed by atoms with Crippen LogP contribution in [0.3, 0.4) is 0 Å². The van der Waals surface area contributed by atoms with E-state index >= 15 is 0 Å². The second-order valence-corrected chi connectivity index (χ2v) is 7.87. The number of rotatable bonds is 6. The summed E-state index contributed by atoms with van der Waals surface area (Å²) < 4.78 is 35.8. The first kappa shape index (κ1) is 20.7. The molecule has 2 aromatic carbocycles. The molecule has 0 bridgehead atoms. The number of sulfonamides is 1. The van der Waals surface area contributed by atoms with Gasteiger partial charge in [0, 0.05) is 11.6 Å². The third kappa shape index (κ3) is 4.40. The molecule has 0 spiro atoms. The number of hydrazine groups is 1. The molecule has 0 saturated heterocycles. The van der Waals surface area contributed by atoms with Gasteiger partial charge in [-0.2, -0.15) is 0 Å². The van der Waals surface area contributed by atoms with E-state index in [1.807, 2.05) is 19.9 Å². The van der Waals surface area contributed by atoms with Gasteiger partial charge in [-0.25, -0.2) is 8.42 Å². The van der Waals surface area contributed by atoms with Crippen molar-refractivity contribution in [1.29, 1.82) is 0 Å². The van der Waals surface area contributed by atoms with Crippen molar-refractivity contribution in [3.05, 3.63) is 52.1 Å². The topological polar surface area (TPSA) is 93.7 Å². The average Bonchev–Trinajstić information content (AvgIpc) is 2.64. The molecule has 2 rings (SSSR count). The van der Waals surface area contributed by atoms with Gasteiger partial charge in [0.1, 0.15) is 11.5 Å². The Labute approximate surface area is 159 Å². The van der Waals surface area contributed by atoms with Crippen LogP contribution in [0.5, 0.6) is 11.5 Å². The number of aryl methyl sites for hydroxylation is 2. The van der Waals surface area contributed by atoms with E-state index in [-0.39, 0.29) is 10.5 Å². The van der Waals surface area contributed by atoms with Crippen LogP contribution in [-0.4, -0.2) is 28.5 Å². The molecule has 0 heterocycles. The van der Waals surface area contributed by atoms with Crippen LogP contribution < -0.4 is 19.7 Å². The Morgan fingerprint density at radius 3 is 1.78 bits per heavy atom. The summed E-state index contributed by atoms with van der Waals surface area (Å²) in [5, 5.41) is 0.